The fourth-order valence-electron chi connectivity index (χ4n) is 4.06. The van der Waals surface area contributed by atoms with Crippen LogP contribution in [-0.4, -0.2) is 45.4 Å². The Labute approximate surface area is 210 Å². The Hall–Kier alpha value is -4.12. The first-order valence-corrected chi connectivity index (χ1v) is 12.5. The standard InChI is InChI=1S/C25H23FN6O3S/c26-20-9-2-1-8-19(20)22-29-25-32(30-22)18(15-36-25)11-12-27-23(34)24(35)28-16-6-5-7-17(14-16)31-13-4-3-10-21(31)33/h1-2,5-9,14-15H,3-4,10-13H2,(H,27,34)(H,28,35). The number of fused-ring (bicyclic) bond motifs is 1. The van der Waals surface area contributed by atoms with E-state index in [1.54, 1.807) is 45.8 Å². The number of hydrogen-bond acceptors (Lipinski definition) is 6. The smallest absolute Gasteiger partial charge is 0.313 e. The molecule has 2 aromatic carbocycles. The van der Waals surface area contributed by atoms with Gasteiger partial charge in [-0.25, -0.2) is 8.91 Å². The second-order valence-corrected chi connectivity index (χ2v) is 9.19. The number of benzene rings is 2. The molecule has 3 heterocycles. The summed E-state index contributed by atoms with van der Waals surface area (Å²) in [4.78, 5) is 43.6. The van der Waals surface area contributed by atoms with Crippen molar-refractivity contribution in [2.24, 2.45) is 0 Å². The third-order valence-electron chi connectivity index (χ3n) is 5.88. The van der Waals surface area contributed by atoms with Crippen LogP contribution in [0.1, 0.15) is 25.0 Å². The molecule has 1 aliphatic heterocycles. The number of carbonyl (C=O) groups is 3. The summed E-state index contributed by atoms with van der Waals surface area (Å²) in [6.07, 6.45) is 2.73. The van der Waals surface area contributed by atoms with Gasteiger partial charge in [-0.2, -0.15) is 4.98 Å². The second kappa shape index (κ2) is 10.2. The van der Waals surface area contributed by atoms with Crippen molar-refractivity contribution in [2.45, 2.75) is 25.7 Å². The van der Waals surface area contributed by atoms with Crippen LogP contribution in [0, 0.1) is 5.82 Å². The molecule has 1 fully saturated rings. The molecule has 0 unspecified atom stereocenters. The van der Waals surface area contributed by atoms with Gasteiger partial charge in [-0.1, -0.05) is 18.2 Å². The van der Waals surface area contributed by atoms with Crippen molar-refractivity contribution in [1.29, 1.82) is 0 Å². The molecule has 0 bridgehead atoms. The molecule has 0 atom stereocenters. The molecule has 2 N–H and O–H groups in total. The number of anilines is 2. The van der Waals surface area contributed by atoms with Gasteiger partial charge in [0, 0.05) is 42.7 Å². The number of amides is 3. The number of nitrogens with zero attached hydrogens (tertiary/aromatic N) is 4. The second-order valence-electron chi connectivity index (χ2n) is 8.35. The number of aromatic nitrogens is 3. The van der Waals surface area contributed by atoms with Gasteiger partial charge in [0.05, 0.1) is 11.3 Å². The van der Waals surface area contributed by atoms with Gasteiger partial charge in [-0.15, -0.1) is 16.4 Å². The van der Waals surface area contributed by atoms with Crippen molar-refractivity contribution in [3.63, 3.8) is 0 Å². The summed E-state index contributed by atoms with van der Waals surface area (Å²) in [6.45, 7) is 0.843. The van der Waals surface area contributed by atoms with Crippen molar-refractivity contribution in [2.75, 3.05) is 23.3 Å². The van der Waals surface area contributed by atoms with Gasteiger partial charge in [0.25, 0.3) is 0 Å². The summed E-state index contributed by atoms with van der Waals surface area (Å²) >= 11 is 1.36. The average molecular weight is 507 g/mol. The van der Waals surface area contributed by atoms with E-state index in [2.05, 4.69) is 20.7 Å². The maximum absolute atomic E-state index is 14.1. The lowest BCUT2D eigenvalue weighted by atomic mass is 10.1. The van der Waals surface area contributed by atoms with Gasteiger partial charge in [-0.05, 0) is 43.2 Å². The fourth-order valence-corrected chi connectivity index (χ4v) is 4.91. The van der Waals surface area contributed by atoms with E-state index in [0.717, 1.165) is 18.5 Å². The van der Waals surface area contributed by atoms with E-state index in [0.29, 0.717) is 41.3 Å². The zero-order valence-electron chi connectivity index (χ0n) is 19.2. The third kappa shape index (κ3) is 4.96. The Morgan fingerprint density at radius 3 is 2.78 bits per heavy atom. The van der Waals surface area contributed by atoms with E-state index in [-0.39, 0.29) is 18.3 Å². The van der Waals surface area contributed by atoms with Crippen LogP contribution in [0.15, 0.2) is 53.9 Å². The summed E-state index contributed by atoms with van der Waals surface area (Å²) in [5, 5.41) is 11.5. The molecule has 2 aromatic heterocycles. The molecule has 0 spiro atoms. The third-order valence-corrected chi connectivity index (χ3v) is 6.74. The Balaban J connectivity index is 1.17. The number of thiazole rings is 1. The lowest BCUT2D eigenvalue weighted by molar-refractivity contribution is -0.136. The summed E-state index contributed by atoms with van der Waals surface area (Å²) < 4.78 is 15.7. The number of nitrogens with one attached hydrogen (secondary N) is 2. The van der Waals surface area contributed by atoms with Gasteiger partial charge in [0.2, 0.25) is 10.9 Å². The van der Waals surface area contributed by atoms with Crippen LogP contribution >= 0.6 is 11.3 Å². The van der Waals surface area contributed by atoms with Crippen LogP contribution in [0.5, 0.6) is 0 Å². The number of halogens is 1. The van der Waals surface area contributed by atoms with Crippen LogP contribution in [0.4, 0.5) is 15.8 Å². The van der Waals surface area contributed by atoms with E-state index in [9.17, 15) is 18.8 Å². The molecule has 36 heavy (non-hydrogen) atoms. The minimum atomic E-state index is -0.796. The first-order chi connectivity index (χ1) is 17.5. The average Bonchev–Trinajstić information content (AvgIpc) is 3.46. The predicted molar refractivity (Wildman–Crippen MR) is 134 cm³/mol. The maximum Gasteiger partial charge on any atom is 0.313 e. The first-order valence-electron chi connectivity index (χ1n) is 11.6. The van der Waals surface area contributed by atoms with Crippen molar-refractivity contribution in [3.8, 4) is 11.4 Å². The molecule has 0 radical (unpaired) electrons. The molecule has 0 aliphatic carbocycles. The van der Waals surface area contributed by atoms with Crippen molar-refractivity contribution in [3.05, 3.63) is 65.4 Å². The zero-order valence-corrected chi connectivity index (χ0v) is 20.1. The molecule has 184 valence electrons. The molecule has 0 saturated carbocycles. The summed E-state index contributed by atoms with van der Waals surface area (Å²) in [5.41, 5.74) is 2.23. The maximum atomic E-state index is 14.1. The first kappa shape index (κ1) is 23.6. The Morgan fingerprint density at radius 2 is 1.94 bits per heavy atom. The molecule has 4 aromatic rings. The minimum Gasteiger partial charge on any atom is -0.347 e. The topological polar surface area (TPSA) is 109 Å². The minimum absolute atomic E-state index is 0.0541. The molecular weight excluding hydrogens is 483 g/mol. The Bertz CT molecular complexity index is 1450. The van der Waals surface area contributed by atoms with Gasteiger partial charge >= 0.3 is 11.8 Å². The van der Waals surface area contributed by atoms with Crippen molar-refractivity contribution >= 4 is 45.4 Å². The molecule has 5 rings (SSSR count). The number of carbonyl (C=O) groups excluding carboxylic acids is 3. The van der Waals surface area contributed by atoms with E-state index in [1.807, 2.05) is 11.4 Å². The zero-order chi connectivity index (χ0) is 25.1. The SMILES string of the molecule is O=C(NCCc1csc2nc(-c3ccccc3F)nn12)C(=O)Nc1cccc(N2CCCCC2=O)c1. The highest BCUT2D eigenvalue weighted by atomic mass is 32.1. The van der Waals surface area contributed by atoms with Gasteiger partial charge in [0.1, 0.15) is 5.82 Å². The summed E-state index contributed by atoms with van der Waals surface area (Å²) in [6, 6.07) is 13.2. The number of rotatable bonds is 6. The monoisotopic (exact) mass is 506 g/mol. The molecule has 1 saturated heterocycles. The van der Waals surface area contributed by atoms with Crippen molar-refractivity contribution < 1.29 is 18.8 Å². The van der Waals surface area contributed by atoms with Crippen LogP contribution < -0.4 is 15.5 Å². The van der Waals surface area contributed by atoms with Crippen LogP contribution in [-0.2, 0) is 20.8 Å². The lowest BCUT2D eigenvalue weighted by Gasteiger charge is -2.27. The normalized spacial score (nSPS) is 13.7. The van der Waals surface area contributed by atoms with Crippen molar-refractivity contribution in [1.82, 2.24) is 19.9 Å². The van der Waals surface area contributed by atoms with E-state index in [1.165, 1.54) is 17.4 Å². The highest BCUT2D eigenvalue weighted by Crippen LogP contribution is 2.24. The quantitative estimate of drug-likeness (QED) is 0.390. The van der Waals surface area contributed by atoms with Gasteiger partial charge in [0.15, 0.2) is 5.82 Å². The largest absolute Gasteiger partial charge is 0.347 e. The molecule has 1 aliphatic rings. The number of hydrogen-bond donors (Lipinski definition) is 2. The van der Waals surface area contributed by atoms with Crippen LogP contribution in [0.3, 0.4) is 0 Å². The Kier molecular flexibility index (Phi) is 6.72. The van der Waals surface area contributed by atoms with E-state index in [4.69, 9.17) is 0 Å². The highest BCUT2D eigenvalue weighted by molar-refractivity contribution is 7.15. The highest BCUT2D eigenvalue weighted by Gasteiger charge is 2.21. The molecule has 9 nitrogen and oxygen atoms in total. The van der Waals surface area contributed by atoms with E-state index >= 15 is 0 Å². The predicted octanol–water partition coefficient (Wildman–Crippen LogP) is 3.41. The summed E-state index contributed by atoms with van der Waals surface area (Å²) in [5.74, 6) is -1.62. The van der Waals surface area contributed by atoms with Gasteiger partial charge in [-0.3, -0.25) is 14.4 Å². The lowest BCUT2D eigenvalue weighted by Crippen LogP contribution is -2.37. The molecule has 11 heteroatoms. The molecular formula is C25H23FN6O3S. The number of piperidine rings is 1. The van der Waals surface area contributed by atoms with Crippen LogP contribution in [0.2, 0.25) is 0 Å². The molecule has 3 amide bonds. The van der Waals surface area contributed by atoms with Gasteiger partial charge < -0.3 is 15.5 Å². The fraction of sp³-hybridized carbons (Fsp3) is 0.240. The van der Waals surface area contributed by atoms with Crippen LogP contribution in [0.25, 0.3) is 16.3 Å². The summed E-state index contributed by atoms with van der Waals surface area (Å²) in [7, 11) is 0. The Morgan fingerprint density at radius 1 is 1.08 bits per heavy atom. The van der Waals surface area contributed by atoms with E-state index < -0.39 is 17.6 Å².